The van der Waals surface area contributed by atoms with Crippen molar-refractivity contribution in [3.8, 4) is 11.5 Å². The van der Waals surface area contributed by atoms with Crippen LogP contribution in [0.4, 0.5) is 0 Å². The standard InChI is InChI=1S/C21H23NO5/c1-13(2)12-27-17-6-3-14(4-7-17)20(23)22-19(21(24)25)16-5-8-18-15(11-16)9-10-26-18/h3-8,11,13,19H,9-10,12H2,1-2H3,(H,22,23)(H,24,25). The van der Waals surface area contributed by atoms with Crippen LogP contribution in [-0.4, -0.2) is 30.2 Å². The van der Waals surface area contributed by atoms with Crippen molar-refractivity contribution in [1.82, 2.24) is 5.32 Å². The smallest absolute Gasteiger partial charge is 0.330 e. The average molecular weight is 369 g/mol. The molecule has 27 heavy (non-hydrogen) atoms. The average Bonchev–Trinajstić information content (AvgIpc) is 3.12. The Morgan fingerprint density at radius 1 is 1.19 bits per heavy atom. The predicted molar refractivity (Wildman–Crippen MR) is 100 cm³/mol. The molecule has 6 nitrogen and oxygen atoms in total. The molecule has 0 radical (unpaired) electrons. The molecule has 2 N–H and O–H groups in total. The molecule has 0 bridgehead atoms. The van der Waals surface area contributed by atoms with Crippen LogP contribution < -0.4 is 14.8 Å². The summed E-state index contributed by atoms with van der Waals surface area (Å²) in [6.45, 7) is 5.29. The molecule has 0 aromatic heterocycles. The van der Waals surface area contributed by atoms with E-state index in [1.54, 1.807) is 42.5 Å². The third-order valence-electron chi connectivity index (χ3n) is 4.27. The highest BCUT2D eigenvalue weighted by Gasteiger charge is 2.24. The number of carboxylic acids is 1. The maximum Gasteiger partial charge on any atom is 0.330 e. The first-order valence-corrected chi connectivity index (χ1v) is 8.96. The lowest BCUT2D eigenvalue weighted by molar-refractivity contribution is -0.139. The second kappa shape index (κ2) is 8.12. The zero-order valence-corrected chi connectivity index (χ0v) is 15.4. The van der Waals surface area contributed by atoms with Gasteiger partial charge in [-0.25, -0.2) is 4.79 Å². The van der Waals surface area contributed by atoms with Gasteiger partial charge in [0.1, 0.15) is 11.5 Å². The number of amides is 1. The quantitative estimate of drug-likeness (QED) is 0.783. The summed E-state index contributed by atoms with van der Waals surface area (Å²) in [5.41, 5.74) is 1.86. The van der Waals surface area contributed by atoms with Gasteiger partial charge in [-0.1, -0.05) is 19.9 Å². The molecule has 0 aliphatic carbocycles. The molecular formula is C21H23NO5. The minimum absolute atomic E-state index is 0.377. The van der Waals surface area contributed by atoms with Crippen LogP contribution >= 0.6 is 0 Å². The van der Waals surface area contributed by atoms with Crippen LogP contribution in [0.5, 0.6) is 11.5 Å². The molecule has 6 heteroatoms. The van der Waals surface area contributed by atoms with E-state index in [1.165, 1.54) is 0 Å². The van der Waals surface area contributed by atoms with Crippen LogP contribution in [0.15, 0.2) is 42.5 Å². The molecule has 1 atom stereocenters. The summed E-state index contributed by atoms with van der Waals surface area (Å²) in [5, 5.41) is 12.2. The van der Waals surface area contributed by atoms with Crippen molar-refractivity contribution in [3.05, 3.63) is 59.2 Å². The Hall–Kier alpha value is -3.02. The van der Waals surface area contributed by atoms with Crippen molar-refractivity contribution in [2.24, 2.45) is 5.92 Å². The van der Waals surface area contributed by atoms with Crippen molar-refractivity contribution in [2.45, 2.75) is 26.3 Å². The van der Waals surface area contributed by atoms with Crippen molar-refractivity contribution >= 4 is 11.9 Å². The number of nitrogens with one attached hydrogen (secondary N) is 1. The van der Waals surface area contributed by atoms with Gasteiger partial charge in [0.15, 0.2) is 6.04 Å². The first kappa shape index (κ1) is 18.8. The highest BCUT2D eigenvalue weighted by molar-refractivity contribution is 5.97. The van der Waals surface area contributed by atoms with Crippen LogP contribution in [0.2, 0.25) is 0 Å². The molecule has 1 aliphatic rings. The predicted octanol–water partition coefficient (Wildman–Crippen LogP) is 3.21. The lowest BCUT2D eigenvalue weighted by atomic mass is 10.0. The first-order valence-electron chi connectivity index (χ1n) is 8.96. The fourth-order valence-electron chi connectivity index (χ4n) is 2.85. The van der Waals surface area contributed by atoms with E-state index >= 15 is 0 Å². The highest BCUT2D eigenvalue weighted by atomic mass is 16.5. The fraction of sp³-hybridized carbons (Fsp3) is 0.333. The largest absolute Gasteiger partial charge is 0.493 e. The van der Waals surface area contributed by atoms with Gasteiger partial charge in [0, 0.05) is 12.0 Å². The molecule has 3 rings (SSSR count). The number of hydrogen-bond donors (Lipinski definition) is 2. The summed E-state index contributed by atoms with van der Waals surface area (Å²) < 4.78 is 11.0. The monoisotopic (exact) mass is 369 g/mol. The second-order valence-corrected chi connectivity index (χ2v) is 6.94. The van der Waals surface area contributed by atoms with E-state index in [0.29, 0.717) is 36.0 Å². The first-order chi connectivity index (χ1) is 12.9. The third kappa shape index (κ3) is 4.58. The van der Waals surface area contributed by atoms with Gasteiger partial charge in [-0.05, 0) is 53.4 Å². The molecule has 1 aliphatic heterocycles. The number of carboxylic acid groups (broad SMARTS) is 1. The Balaban J connectivity index is 1.71. The fourth-order valence-corrected chi connectivity index (χ4v) is 2.85. The molecule has 1 heterocycles. The highest BCUT2D eigenvalue weighted by Crippen LogP contribution is 2.28. The maximum absolute atomic E-state index is 12.5. The molecule has 1 unspecified atom stereocenters. The van der Waals surface area contributed by atoms with Crippen molar-refractivity contribution in [2.75, 3.05) is 13.2 Å². The topological polar surface area (TPSA) is 84.9 Å². The van der Waals surface area contributed by atoms with Gasteiger partial charge in [0.2, 0.25) is 0 Å². The number of benzene rings is 2. The van der Waals surface area contributed by atoms with E-state index < -0.39 is 17.9 Å². The maximum atomic E-state index is 12.5. The Morgan fingerprint density at radius 2 is 1.93 bits per heavy atom. The summed E-state index contributed by atoms with van der Waals surface area (Å²) in [6.07, 6.45) is 0.737. The van der Waals surface area contributed by atoms with Crippen LogP contribution in [0.3, 0.4) is 0 Å². The van der Waals surface area contributed by atoms with Crippen LogP contribution in [0.1, 0.15) is 41.4 Å². The molecule has 0 spiro atoms. The van der Waals surface area contributed by atoms with E-state index in [1.807, 2.05) is 0 Å². The summed E-state index contributed by atoms with van der Waals surface area (Å²) in [4.78, 5) is 24.2. The molecule has 0 fully saturated rings. The minimum Gasteiger partial charge on any atom is -0.493 e. The lowest BCUT2D eigenvalue weighted by Crippen LogP contribution is -2.33. The van der Waals surface area contributed by atoms with Gasteiger partial charge in [0.05, 0.1) is 13.2 Å². The van der Waals surface area contributed by atoms with E-state index in [4.69, 9.17) is 9.47 Å². The molecule has 1 amide bonds. The Bertz CT molecular complexity index is 829. The molecule has 0 saturated carbocycles. The zero-order chi connectivity index (χ0) is 19.4. The number of carbonyl (C=O) groups is 2. The summed E-state index contributed by atoms with van der Waals surface area (Å²) in [5.74, 6) is 0.288. The molecule has 2 aromatic carbocycles. The van der Waals surface area contributed by atoms with Gasteiger partial charge in [0.25, 0.3) is 5.91 Å². The molecule has 0 saturated heterocycles. The number of ether oxygens (including phenoxy) is 2. The van der Waals surface area contributed by atoms with Gasteiger partial charge in [-0.15, -0.1) is 0 Å². The van der Waals surface area contributed by atoms with Gasteiger partial charge in [-0.2, -0.15) is 0 Å². The van der Waals surface area contributed by atoms with Gasteiger partial charge in [-0.3, -0.25) is 4.79 Å². The van der Waals surface area contributed by atoms with Crippen LogP contribution in [0.25, 0.3) is 0 Å². The Morgan fingerprint density at radius 3 is 2.59 bits per heavy atom. The normalized spacial score (nSPS) is 13.6. The molecular weight excluding hydrogens is 346 g/mol. The summed E-state index contributed by atoms with van der Waals surface area (Å²) >= 11 is 0. The summed E-state index contributed by atoms with van der Waals surface area (Å²) in [6, 6.07) is 10.7. The molecule has 2 aromatic rings. The third-order valence-corrected chi connectivity index (χ3v) is 4.27. The number of fused-ring (bicyclic) bond motifs is 1. The van der Waals surface area contributed by atoms with Gasteiger partial charge < -0.3 is 19.9 Å². The van der Waals surface area contributed by atoms with Crippen molar-refractivity contribution in [3.63, 3.8) is 0 Å². The number of aliphatic carboxylic acids is 1. The Kier molecular flexibility index (Phi) is 5.64. The number of carbonyl (C=O) groups excluding carboxylic acids is 1. The summed E-state index contributed by atoms with van der Waals surface area (Å²) in [7, 11) is 0. The zero-order valence-electron chi connectivity index (χ0n) is 15.4. The van der Waals surface area contributed by atoms with Crippen LogP contribution in [0, 0.1) is 5.92 Å². The Labute approximate surface area is 158 Å². The van der Waals surface area contributed by atoms with Crippen molar-refractivity contribution < 1.29 is 24.2 Å². The minimum atomic E-state index is -1.12. The molecule has 142 valence electrons. The van der Waals surface area contributed by atoms with Crippen molar-refractivity contribution in [1.29, 1.82) is 0 Å². The number of hydrogen-bond acceptors (Lipinski definition) is 4. The lowest BCUT2D eigenvalue weighted by Gasteiger charge is -2.16. The SMILES string of the molecule is CC(C)COc1ccc(C(=O)NC(C(=O)O)c2ccc3c(c2)CCO3)cc1. The second-order valence-electron chi connectivity index (χ2n) is 6.94. The van der Waals surface area contributed by atoms with Gasteiger partial charge >= 0.3 is 5.97 Å². The van der Waals surface area contributed by atoms with Crippen LogP contribution in [-0.2, 0) is 11.2 Å². The van der Waals surface area contributed by atoms with E-state index in [2.05, 4.69) is 19.2 Å². The van der Waals surface area contributed by atoms with E-state index in [9.17, 15) is 14.7 Å². The number of rotatable bonds is 7. The van der Waals surface area contributed by atoms with E-state index in [0.717, 1.165) is 17.7 Å². The van der Waals surface area contributed by atoms with E-state index in [-0.39, 0.29) is 0 Å².